The van der Waals surface area contributed by atoms with E-state index in [1.54, 1.807) is 0 Å². The Bertz CT molecular complexity index is 1390. The highest BCUT2D eigenvalue weighted by molar-refractivity contribution is 5.70. The average molecular weight is 658 g/mol. The molecule has 11 N–H and O–H groups in total. The third-order valence-corrected chi connectivity index (χ3v) is 7.94. The smallest absolute Gasteiger partial charge is 0.270 e. The van der Waals surface area contributed by atoms with Gasteiger partial charge in [0.1, 0.15) is 65.9 Å². The Morgan fingerprint density at radius 1 is 0.674 bits per heavy atom. The second-order valence-corrected chi connectivity index (χ2v) is 10.9. The molecule has 3 aliphatic heterocycles. The number of phenols is 2. The molecule has 0 spiro atoms. The number of aromatic hydroxyl groups is 3. The topological polar surface area (TPSA) is 270 Å². The van der Waals surface area contributed by atoms with E-state index in [0.29, 0.717) is 5.56 Å². The van der Waals surface area contributed by atoms with Crippen LogP contribution in [-0.4, -0.2) is 145 Å². The standard InChI is InChI=1S/C29H36O17/c1-40-15-3-10(4-16(41-2)20(15)33)27-17(44-29-26(39)24(37)22(35)19(9-31)46-29)7-12-13(42-27)5-11(32)6-14(12)43-28-25(38)23(36)21(34)18(8-30)45-28/h3-7,18-19,21-39H,8-9H2,1-2H3/p+1. The maximum atomic E-state index is 10.7. The summed E-state index contributed by atoms with van der Waals surface area (Å²) in [6.45, 7) is -1.43. The monoisotopic (exact) mass is 657 g/mol. The molecule has 2 aromatic rings. The van der Waals surface area contributed by atoms with Crippen molar-refractivity contribution in [2.45, 2.75) is 67.5 Å². The molecule has 5 rings (SSSR count). The molecular formula is C29H37O17+. The Kier molecular flexibility index (Phi) is 9.99. The number of rotatable bonds is 9. The predicted molar refractivity (Wildman–Crippen MR) is 151 cm³/mol. The van der Waals surface area contributed by atoms with E-state index in [4.69, 9.17) is 28.4 Å². The minimum Gasteiger partial charge on any atom is -0.571 e. The van der Waals surface area contributed by atoms with Crippen LogP contribution in [0.5, 0.6) is 34.5 Å². The van der Waals surface area contributed by atoms with Crippen LogP contribution in [0.1, 0.15) is 17.2 Å². The highest BCUT2D eigenvalue weighted by atomic mass is 16.7. The number of phenolic OH excluding ortho intramolecular Hbond substituents is 2. The molecule has 46 heavy (non-hydrogen) atoms. The summed E-state index contributed by atoms with van der Waals surface area (Å²) in [7, 11) is 2.63. The molecule has 0 bridgehead atoms. The number of aliphatic hydroxyl groups excluding tert-OH is 8. The second-order valence-electron chi connectivity index (χ2n) is 10.9. The first-order valence-corrected chi connectivity index (χ1v) is 14.1. The lowest BCUT2D eigenvalue weighted by molar-refractivity contribution is -0.295. The summed E-state index contributed by atoms with van der Waals surface area (Å²) < 4.78 is 38.1. The van der Waals surface area contributed by atoms with Crippen LogP contribution in [0.15, 0.2) is 30.0 Å². The SMILES string of the molecule is COc1cc(C2[OH+]c3cc(O)cc(OC4OC(CO)C(O)C(O)C4O)c3C=C2OC2OC(CO)C(O)C(O)C2O)cc(OC)c1O. The Balaban J connectivity index is 1.59. The highest BCUT2D eigenvalue weighted by Crippen LogP contribution is 2.48. The van der Waals surface area contributed by atoms with Crippen molar-refractivity contribution in [3.63, 3.8) is 0 Å². The summed E-state index contributed by atoms with van der Waals surface area (Å²) in [4.78, 5) is 0. The van der Waals surface area contributed by atoms with Gasteiger partial charge in [-0.2, -0.15) is 0 Å². The quantitative estimate of drug-likeness (QED) is 0.124. The molecule has 0 saturated carbocycles. The van der Waals surface area contributed by atoms with Crippen molar-refractivity contribution in [1.29, 1.82) is 0 Å². The fraction of sp³-hybridized carbons (Fsp3) is 0.517. The number of benzene rings is 2. The van der Waals surface area contributed by atoms with Gasteiger partial charge in [-0.25, -0.2) is 0 Å². The Labute approximate surface area is 261 Å². The minimum absolute atomic E-state index is 0.00471. The van der Waals surface area contributed by atoms with E-state index in [2.05, 4.69) is 4.74 Å². The van der Waals surface area contributed by atoms with E-state index in [0.717, 1.165) is 6.07 Å². The Hall–Kier alpha value is -3.62. The van der Waals surface area contributed by atoms with Gasteiger partial charge in [-0.1, -0.05) is 0 Å². The van der Waals surface area contributed by atoms with Crippen LogP contribution in [0.4, 0.5) is 0 Å². The lowest BCUT2D eigenvalue weighted by Crippen LogP contribution is -2.60. The van der Waals surface area contributed by atoms with Gasteiger partial charge in [-0.05, 0) is 12.1 Å². The van der Waals surface area contributed by atoms with Gasteiger partial charge in [0.05, 0.1) is 39.1 Å². The van der Waals surface area contributed by atoms with Crippen LogP contribution in [-0.2, 0) is 14.2 Å². The molecule has 11 unspecified atom stereocenters. The maximum absolute atomic E-state index is 10.7. The number of ether oxygens (including phenoxy) is 7. The molecule has 0 aromatic heterocycles. The molecule has 0 aliphatic carbocycles. The molecule has 2 saturated heterocycles. The first-order chi connectivity index (χ1) is 21.9. The number of hydrogen-bond donors (Lipinski definition) is 10. The van der Waals surface area contributed by atoms with E-state index in [1.165, 1.54) is 38.5 Å². The molecule has 17 nitrogen and oxygen atoms in total. The Morgan fingerprint density at radius 3 is 1.70 bits per heavy atom. The summed E-state index contributed by atoms with van der Waals surface area (Å²) in [5, 5.41) is 102. The van der Waals surface area contributed by atoms with E-state index in [-0.39, 0.29) is 45.8 Å². The van der Waals surface area contributed by atoms with Crippen LogP contribution in [0.25, 0.3) is 6.08 Å². The van der Waals surface area contributed by atoms with Crippen LogP contribution in [0.3, 0.4) is 0 Å². The summed E-state index contributed by atoms with van der Waals surface area (Å²) in [6.07, 6.45) is -16.0. The zero-order valence-corrected chi connectivity index (χ0v) is 24.5. The van der Waals surface area contributed by atoms with Gasteiger partial charge in [0, 0.05) is 12.1 Å². The van der Waals surface area contributed by atoms with E-state index in [9.17, 15) is 51.1 Å². The third-order valence-electron chi connectivity index (χ3n) is 7.94. The van der Waals surface area contributed by atoms with Gasteiger partial charge >= 0.3 is 0 Å². The van der Waals surface area contributed by atoms with Gasteiger partial charge in [0.25, 0.3) is 11.9 Å². The number of fused-ring (bicyclic) bond motifs is 1. The lowest BCUT2D eigenvalue weighted by Gasteiger charge is -2.40. The number of hydrogen-bond acceptors (Lipinski definition) is 16. The first-order valence-electron chi connectivity index (χ1n) is 14.1. The van der Waals surface area contributed by atoms with Crippen LogP contribution < -0.4 is 14.2 Å². The molecular weight excluding hydrogens is 620 g/mol. The van der Waals surface area contributed by atoms with E-state index < -0.39 is 80.7 Å². The van der Waals surface area contributed by atoms with Crippen molar-refractivity contribution in [1.82, 2.24) is 0 Å². The van der Waals surface area contributed by atoms with Gasteiger partial charge in [0.15, 0.2) is 17.3 Å². The molecule has 0 radical (unpaired) electrons. The summed E-state index contributed by atoms with van der Waals surface area (Å²) >= 11 is 0. The molecule has 254 valence electrons. The van der Waals surface area contributed by atoms with Crippen molar-refractivity contribution in [2.24, 2.45) is 0 Å². The molecule has 3 heterocycles. The normalized spacial score (nSPS) is 34.1. The number of aliphatic hydroxyl groups is 9. The summed E-state index contributed by atoms with van der Waals surface area (Å²) in [5.74, 6) is -0.758. The van der Waals surface area contributed by atoms with Crippen molar-refractivity contribution in [3.8, 4) is 34.5 Å². The zero-order chi connectivity index (χ0) is 33.4. The van der Waals surface area contributed by atoms with Gasteiger partial charge in [-0.15, -0.1) is 0 Å². The van der Waals surface area contributed by atoms with Gasteiger partial charge in [0.2, 0.25) is 18.3 Å². The molecule has 2 fully saturated rings. The maximum Gasteiger partial charge on any atom is 0.270 e. The minimum atomic E-state index is -1.80. The number of methoxy groups -OCH3 is 2. The van der Waals surface area contributed by atoms with Crippen molar-refractivity contribution in [2.75, 3.05) is 27.4 Å². The first kappa shape index (κ1) is 33.7. The highest BCUT2D eigenvalue weighted by Gasteiger charge is 2.48. The van der Waals surface area contributed by atoms with E-state index in [1.807, 2.05) is 0 Å². The molecule has 2 aromatic carbocycles. The fourth-order valence-corrected chi connectivity index (χ4v) is 5.37. The second kappa shape index (κ2) is 13.6. The lowest BCUT2D eigenvalue weighted by atomic mass is 9.98. The average Bonchev–Trinajstić information content (AvgIpc) is 3.05. The van der Waals surface area contributed by atoms with Crippen molar-refractivity contribution in [3.05, 3.63) is 41.2 Å². The summed E-state index contributed by atoms with van der Waals surface area (Å²) in [5.41, 5.74) is 0.441. The zero-order valence-electron chi connectivity index (χ0n) is 24.5. The molecule has 3 aliphatic rings. The third kappa shape index (κ3) is 6.21. The van der Waals surface area contributed by atoms with Gasteiger partial charge in [-0.3, -0.25) is 0 Å². The molecule has 17 heteroatoms. The molecule has 0 amide bonds. The van der Waals surface area contributed by atoms with Crippen molar-refractivity contribution < 1.29 is 84.2 Å². The fourth-order valence-electron chi connectivity index (χ4n) is 5.37. The Morgan fingerprint density at radius 2 is 1.20 bits per heavy atom. The van der Waals surface area contributed by atoms with Crippen LogP contribution >= 0.6 is 0 Å². The van der Waals surface area contributed by atoms with E-state index >= 15 is 0 Å². The molecule has 11 atom stereocenters. The van der Waals surface area contributed by atoms with Crippen molar-refractivity contribution >= 4 is 6.08 Å². The largest absolute Gasteiger partial charge is 0.571 e. The predicted octanol–water partition coefficient (Wildman–Crippen LogP) is -2.55. The van der Waals surface area contributed by atoms with Crippen LogP contribution in [0.2, 0.25) is 0 Å². The van der Waals surface area contributed by atoms with Gasteiger partial charge < -0.3 is 84.2 Å². The summed E-state index contributed by atoms with van der Waals surface area (Å²) in [6, 6.07) is 5.27. The van der Waals surface area contributed by atoms with Crippen LogP contribution in [0, 0.1) is 0 Å².